The minimum absolute atomic E-state index is 0.458. The molecule has 5 unspecified atom stereocenters. The fraction of sp³-hybridized carbons (Fsp3) is 1.00. The van der Waals surface area contributed by atoms with Gasteiger partial charge in [-0.05, 0) is 76.4 Å². The molecule has 3 nitrogen and oxygen atoms in total. The summed E-state index contributed by atoms with van der Waals surface area (Å²) in [5.74, 6) is 2.61. The van der Waals surface area contributed by atoms with Gasteiger partial charge >= 0.3 is 0 Å². The fourth-order valence-electron chi connectivity index (χ4n) is 5.19. The number of rotatable bonds is 3. The zero-order chi connectivity index (χ0) is 14.8. The Kier molecular flexibility index (Phi) is 5.23. The first kappa shape index (κ1) is 15.8. The molecule has 3 heteroatoms. The summed E-state index contributed by atoms with van der Waals surface area (Å²) >= 11 is 0. The molecule has 2 heterocycles. The predicted octanol–water partition coefficient (Wildman–Crippen LogP) is 2.56. The highest BCUT2D eigenvalue weighted by atomic mass is 15.2. The Bertz CT molecular complexity index is 332. The Hall–Kier alpha value is -0.120. The first-order valence-electron chi connectivity index (χ1n) is 9.35. The Labute approximate surface area is 131 Å². The van der Waals surface area contributed by atoms with E-state index in [1.54, 1.807) is 0 Å². The molecule has 0 amide bonds. The summed E-state index contributed by atoms with van der Waals surface area (Å²) in [6.45, 7) is 7.56. The van der Waals surface area contributed by atoms with Crippen LogP contribution in [0.2, 0.25) is 0 Å². The van der Waals surface area contributed by atoms with Crippen LogP contribution < -0.4 is 5.73 Å². The molecular weight excluding hydrogens is 258 g/mol. The lowest BCUT2D eigenvalue weighted by atomic mass is 9.76. The fourth-order valence-corrected chi connectivity index (χ4v) is 5.19. The maximum atomic E-state index is 6.43. The van der Waals surface area contributed by atoms with Crippen LogP contribution in [0, 0.1) is 17.8 Å². The summed E-state index contributed by atoms with van der Waals surface area (Å²) in [5, 5.41) is 0. The Morgan fingerprint density at radius 1 is 1.10 bits per heavy atom. The molecule has 0 bridgehead atoms. The van der Waals surface area contributed by atoms with Crippen molar-refractivity contribution in [1.82, 2.24) is 9.80 Å². The van der Waals surface area contributed by atoms with Gasteiger partial charge in [-0.25, -0.2) is 0 Å². The van der Waals surface area contributed by atoms with Crippen molar-refractivity contribution in [2.75, 3.05) is 33.2 Å². The average molecular weight is 293 g/mol. The van der Waals surface area contributed by atoms with Crippen LogP contribution in [-0.2, 0) is 0 Å². The van der Waals surface area contributed by atoms with E-state index < -0.39 is 0 Å². The number of nitrogens with zero attached hydrogens (tertiary/aromatic N) is 2. The van der Waals surface area contributed by atoms with Gasteiger partial charge in [0.1, 0.15) is 0 Å². The number of fused-ring (bicyclic) bond motifs is 1. The molecule has 3 aliphatic rings. The Morgan fingerprint density at radius 3 is 2.76 bits per heavy atom. The van der Waals surface area contributed by atoms with E-state index in [0.29, 0.717) is 6.04 Å². The van der Waals surface area contributed by atoms with Crippen molar-refractivity contribution in [3.05, 3.63) is 0 Å². The number of hydrogen-bond acceptors (Lipinski definition) is 3. The molecule has 0 aromatic heterocycles. The second-order valence-corrected chi connectivity index (χ2v) is 8.01. The summed E-state index contributed by atoms with van der Waals surface area (Å²) < 4.78 is 0. The summed E-state index contributed by atoms with van der Waals surface area (Å²) in [6, 6.07) is 1.32. The second-order valence-electron chi connectivity index (χ2n) is 8.01. The van der Waals surface area contributed by atoms with E-state index in [2.05, 4.69) is 23.8 Å². The van der Waals surface area contributed by atoms with Gasteiger partial charge in [-0.3, -0.25) is 0 Å². The second kappa shape index (κ2) is 6.97. The molecule has 1 saturated carbocycles. The molecule has 1 aliphatic carbocycles. The number of nitrogens with two attached hydrogens (primary N) is 1. The molecule has 2 saturated heterocycles. The van der Waals surface area contributed by atoms with Crippen LogP contribution in [-0.4, -0.2) is 55.1 Å². The molecule has 5 atom stereocenters. The van der Waals surface area contributed by atoms with Crippen molar-refractivity contribution in [2.24, 2.45) is 23.5 Å². The maximum Gasteiger partial charge on any atom is 0.0145 e. The van der Waals surface area contributed by atoms with Crippen LogP contribution in [0.25, 0.3) is 0 Å². The first-order chi connectivity index (χ1) is 10.2. The minimum atomic E-state index is 0.458. The van der Waals surface area contributed by atoms with Gasteiger partial charge in [-0.2, -0.15) is 0 Å². The highest BCUT2D eigenvalue weighted by Gasteiger charge is 2.36. The molecule has 2 aliphatic heterocycles. The molecule has 0 spiro atoms. The number of hydrogen-bond donors (Lipinski definition) is 1. The van der Waals surface area contributed by atoms with Gasteiger partial charge in [0.15, 0.2) is 0 Å². The van der Waals surface area contributed by atoms with Crippen molar-refractivity contribution in [3.8, 4) is 0 Å². The average Bonchev–Trinajstić information content (AvgIpc) is 2.50. The van der Waals surface area contributed by atoms with E-state index in [1.165, 1.54) is 71.1 Å². The van der Waals surface area contributed by atoms with Crippen LogP contribution in [0.3, 0.4) is 0 Å². The molecule has 21 heavy (non-hydrogen) atoms. The monoisotopic (exact) mass is 293 g/mol. The summed E-state index contributed by atoms with van der Waals surface area (Å²) in [5.41, 5.74) is 6.43. The highest BCUT2D eigenvalue weighted by Crippen LogP contribution is 2.34. The van der Waals surface area contributed by atoms with E-state index in [4.69, 9.17) is 5.73 Å². The molecule has 0 aromatic rings. The van der Waals surface area contributed by atoms with Gasteiger partial charge in [-0.15, -0.1) is 0 Å². The van der Waals surface area contributed by atoms with Crippen LogP contribution >= 0.6 is 0 Å². The van der Waals surface area contributed by atoms with Crippen LogP contribution in [0.5, 0.6) is 0 Å². The normalized spacial score (nSPS) is 42.7. The summed E-state index contributed by atoms with van der Waals surface area (Å²) in [7, 11) is 2.33. The molecular formula is C18H35N3. The molecule has 3 fully saturated rings. The topological polar surface area (TPSA) is 32.5 Å². The van der Waals surface area contributed by atoms with Crippen molar-refractivity contribution in [1.29, 1.82) is 0 Å². The van der Waals surface area contributed by atoms with Crippen molar-refractivity contribution < 1.29 is 0 Å². The van der Waals surface area contributed by atoms with E-state index in [-0.39, 0.29) is 0 Å². The number of likely N-dealkylation sites (tertiary alicyclic amines) is 2. The van der Waals surface area contributed by atoms with Gasteiger partial charge in [0.2, 0.25) is 0 Å². The van der Waals surface area contributed by atoms with Gasteiger partial charge in [0.25, 0.3) is 0 Å². The lowest BCUT2D eigenvalue weighted by Gasteiger charge is -2.47. The quantitative estimate of drug-likeness (QED) is 0.868. The molecule has 0 aromatic carbocycles. The van der Waals surface area contributed by atoms with Crippen molar-refractivity contribution in [2.45, 2.75) is 64.0 Å². The Balaban J connectivity index is 1.53. The third kappa shape index (κ3) is 3.62. The van der Waals surface area contributed by atoms with Gasteiger partial charge in [0.05, 0.1) is 0 Å². The third-order valence-corrected chi connectivity index (χ3v) is 6.65. The molecule has 122 valence electrons. The Morgan fingerprint density at radius 2 is 1.95 bits per heavy atom. The standard InChI is InChI=1S/C18H35N3/c1-3-14-6-7-17(19)16(11-14)13-21-10-8-18-15(12-21)5-4-9-20(18)2/h14-18H,3-13,19H2,1-2H3. The van der Waals surface area contributed by atoms with E-state index >= 15 is 0 Å². The van der Waals surface area contributed by atoms with Gasteiger partial charge < -0.3 is 15.5 Å². The smallest absolute Gasteiger partial charge is 0.0145 e. The number of piperidine rings is 2. The lowest BCUT2D eigenvalue weighted by molar-refractivity contribution is 0.0257. The van der Waals surface area contributed by atoms with Crippen molar-refractivity contribution >= 4 is 0 Å². The van der Waals surface area contributed by atoms with Crippen LogP contribution in [0.15, 0.2) is 0 Å². The van der Waals surface area contributed by atoms with Gasteiger partial charge in [0, 0.05) is 25.2 Å². The highest BCUT2D eigenvalue weighted by molar-refractivity contribution is 4.91. The predicted molar refractivity (Wildman–Crippen MR) is 89.3 cm³/mol. The summed E-state index contributed by atoms with van der Waals surface area (Å²) in [6.07, 6.45) is 9.56. The largest absolute Gasteiger partial charge is 0.327 e. The SMILES string of the molecule is CCC1CCC(N)C(CN2CCC3C(CCCN3C)C2)C1. The van der Waals surface area contributed by atoms with E-state index in [0.717, 1.165) is 23.8 Å². The zero-order valence-corrected chi connectivity index (χ0v) is 14.1. The van der Waals surface area contributed by atoms with Crippen LogP contribution in [0.4, 0.5) is 0 Å². The molecule has 3 rings (SSSR count). The first-order valence-corrected chi connectivity index (χ1v) is 9.35. The maximum absolute atomic E-state index is 6.43. The van der Waals surface area contributed by atoms with Crippen LogP contribution in [0.1, 0.15) is 51.9 Å². The lowest BCUT2D eigenvalue weighted by Crippen LogP contribution is -2.54. The van der Waals surface area contributed by atoms with Gasteiger partial charge in [-0.1, -0.05) is 13.3 Å². The zero-order valence-electron chi connectivity index (χ0n) is 14.1. The third-order valence-electron chi connectivity index (χ3n) is 6.65. The molecule has 2 N–H and O–H groups in total. The summed E-state index contributed by atoms with van der Waals surface area (Å²) in [4.78, 5) is 5.37. The van der Waals surface area contributed by atoms with E-state index in [1.807, 2.05) is 0 Å². The molecule has 0 radical (unpaired) electrons. The van der Waals surface area contributed by atoms with E-state index in [9.17, 15) is 0 Å². The minimum Gasteiger partial charge on any atom is -0.327 e. The van der Waals surface area contributed by atoms with Crippen molar-refractivity contribution in [3.63, 3.8) is 0 Å².